The van der Waals surface area contributed by atoms with Gasteiger partial charge in [-0.25, -0.2) is 0 Å². The third kappa shape index (κ3) is 5.30. The lowest BCUT2D eigenvalue weighted by molar-refractivity contribution is -0.125. The summed E-state index contributed by atoms with van der Waals surface area (Å²) in [6.45, 7) is 7.89. The van der Waals surface area contributed by atoms with Crippen LogP contribution in [0.25, 0.3) is 0 Å². The highest BCUT2D eigenvalue weighted by atomic mass is 16.5. The Bertz CT molecular complexity index is 448. The molecule has 0 bridgehead atoms. The molecule has 4 heteroatoms. The van der Waals surface area contributed by atoms with Crippen LogP contribution in [0.1, 0.15) is 26.3 Å². The molecule has 0 fully saturated rings. The van der Waals surface area contributed by atoms with Crippen molar-refractivity contribution in [2.45, 2.75) is 33.3 Å². The van der Waals surface area contributed by atoms with Crippen molar-refractivity contribution in [3.63, 3.8) is 0 Å². The molecule has 0 spiro atoms. The van der Waals surface area contributed by atoms with E-state index >= 15 is 0 Å². The summed E-state index contributed by atoms with van der Waals surface area (Å²) in [7, 11) is 3.97. The van der Waals surface area contributed by atoms with E-state index in [0.29, 0.717) is 0 Å². The van der Waals surface area contributed by atoms with Gasteiger partial charge in [0.1, 0.15) is 6.61 Å². The van der Waals surface area contributed by atoms with E-state index in [1.165, 1.54) is 5.56 Å². The van der Waals surface area contributed by atoms with Gasteiger partial charge in [0, 0.05) is 25.5 Å². The maximum atomic E-state index is 11.8. The molecule has 1 N–H and O–H groups in total. The van der Waals surface area contributed by atoms with Gasteiger partial charge in [0.25, 0.3) is 0 Å². The van der Waals surface area contributed by atoms with Crippen LogP contribution in [0.15, 0.2) is 18.2 Å². The standard InChI is InChI=1S/C15H24N2O2/c1-11-7-8-12(9-13(11)17(5)6)16-14(18)10-19-15(2,3)4/h7-9H,10H2,1-6H3,(H,16,18). The second-order valence-corrected chi connectivity index (χ2v) is 5.84. The number of nitrogens with one attached hydrogen (secondary N) is 1. The lowest BCUT2D eigenvalue weighted by atomic mass is 10.1. The van der Waals surface area contributed by atoms with Crippen LogP contribution in [0.4, 0.5) is 11.4 Å². The van der Waals surface area contributed by atoms with Gasteiger partial charge in [-0.15, -0.1) is 0 Å². The van der Waals surface area contributed by atoms with Crippen molar-refractivity contribution in [3.05, 3.63) is 23.8 Å². The minimum atomic E-state index is -0.306. The molecule has 0 unspecified atom stereocenters. The van der Waals surface area contributed by atoms with E-state index in [1.54, 1.807) is 0 Å². The normalized spacial score (nSPS) is 11.3. The molecular formula is C15H24N2O2. The minimum absolute atomic E-state index is 0.0642. The fraction of sp³-hybridized carbons (Fsp3) is 0.533. The number of rotatable bonds is 4. The molecule has 0 radical (unpaired) electrons. The molecule has 1 aromatic carbocycles. The Morgan fingerprint density at radius 1 is 1.32 bits per heavy atom. The van der Waals surface area contributed by atoms with Crippen molar-refractivity contribution in [1.82, 2.24) is 0 Å². The molecular weight excluding hydrogens is 240 g/mol. The number of hydrogen-bond donors (Lipinski definition) is 1. The molecule has 1 amide bonds. The van der Waals surface area contributed by atoms with E-state index in [2.05, 4.69) is 5.32 Å². The summed E-state index contributed by atoms with van der Waals surface area (Å²) < 4.78 is 5.44. The van der Waals surface area contributed by atoms with Gasteiger partial charge >= 0.3 is 0 Å². The van der Waals surface area contributed by atoms with E-state index in [0.717, 1.165) is 11.4 Å². The van der Waals surface area contributed by atoms with Gasteiger partial charge in [-0.05, 0) is 45.4 Å². The van der Waals surface area contributed by atoms with E-state index in [4.69, 9.17) is 4.74 Å². The van der Waals surface area contributed by atoms with E-state index in [1.807, 2.05) is 64.9 Å². The monoisotopic (exact) mass is 264 g/mol. The molecule has 0 saturated heterocycles. The Morgan fingerprint density at radius 2 is 1.95 bits per heavy atom. The first-order valence-electron chi connectivity index (χ1n) is 6.41. The van der Waals surface area contributed by atoms with E-state index < -0.39 is 0 Å². The zero-order chi connectivity index (χ0) is 14.6. The quantitative estimate of drug-likeness (QED) is 0.909. The van der Waals surface area contributed by atoms with Crippen molar-refractivity contribution in [2.24, 2.45) is 0 Å². The Morgan fingerprint density at radius 3 is 2.47 bits per heavy atom. The maximum Gasteiger partial charge on any atom is 0.250 e. The van der Waals surface area contributed by atoms with Gasteiger partial charge < -0.3 is 15.0 Å². The van der Waals surface area contributed by atoms with E-state index in [9.17, 15) is 4.79 Å². The molecule has 0 atom stereocenters. The number of amides is 1. The molecule has 1 rings (SSSR count). The molecule has 0 aliphatic rings. The van der Waals surface area contributed by atoms with Gasteiger partial charge in [0.15, 0.2) is 0 Å². The van der Waals surface area contributed by atoms with Crippen LogP contribution in [-0.4, -0.2) is 32.2 Å². The van der Waals surface area contributed by atoms with Crippen molar-refractivity contribution in [1.29, 1.82) is 0 Å². The highest BCUT2D eigenvalue weighted by Crippen LogP contribution is 2.22. The van der Waals surface area contributed by atoms with Crippen molar-refractivity contribution in [2.75, 3.05) is 30.9 Å². The number of anilines is 2. The van der Waals surface area contributed by atoms with Gasteiger partial charge in [-0.3, -0.25) is 4.79 Å². The molecule has 0 aromatic heterocycles. The summed E-state index contributed by atoms with van der Waals surface area (Å²) >= 11 is 0. The topological polar surface area (TPSA) is 41.6 Å². The number of benzene rings is 1. The van der Waals surface area contributed by atoms with Gasteiger partial charge in [-0.2, -0.15) is 0 Å². The van der Waals surface area contributed by atoms with Crippen LogP contribution in [0.3, 0.4) is 0 Å². The second kappa shape index (κ2) is 6.06. The van der Waals surface area contributed by atoms with Crippen LogP contribution in [0.2, 0.25) is 0 Å². The molecule has 106 valence electrons. The summed E-state index contributed by atoms with van der Waals surface area (Å²) in [4.78, 5) is 13.8. The Labute approximate surface area is 115 Å². The molecule has 0 heterocycles. The summed E-state index contributed by atoms with van der Waals surface area (Å²) in [5.74, 6) is -0.136. The molecule has 0 aliphatic carbocycles. The van der Waals surface area contributed by atoms with Crippen LogP contribution in [-0.2, 0) is 9.53 Å². The molecule has 1 aromatic rings. The molecule has 0 saturated carbocycles. The summed E-state index contributed by atoms with van der Waals surface area (Å²) in [5, 5.41) is 2.85. The highest BCUT2D eigenvalue weighted by molar-refractivity contribution is 5.92. The zero-order valence-corrected chi connectivity index (χ0v) is 12.7. The van der Waals surface area contributed by atoms with Crippen LogP contribution in [0, 0.1) is 6.92 Å². The predicted molar refractivity (Wildman–Crippen MR) is 79.8 cm³/mol. The lowest BCUT2D eigenvalue weighted by Crippen LogP contribution is -2.27. The average Bonchev–Trinajstić information content (AvgIpc) is 2.28. The maximum absolute atomic E-state index is 11.8. The Balaban J connectivity index is 2.67. The summed E-state index contributed by atoms with van der Waals surface area (Å²) in [6.07, 6.45) is 0. The average molecular weight is 264 g/mol. The van der Waals surface area contributed by atoms with E-state index in [-0.39, 0.29) is 18.1 Å². The smallest absolute Gasteiger partial charge is 0.250 e. The largest absolute Gasteiger partial charge is 0.377 e. The van der Waals surface area contributed by atoms with Crippen LogP contribution >= 0.6 is 0 Å². The highest BCUT2D eigenvalue weighted by Gasteiger charge is 2.13. The first kappa shape index (κ1) is 15.5. The predicted octanol–water partition coefficient (Wildman–Crippen LogP) is 2.81. The third-order valence-corrected chi connectivity index (χ3v) is 2.61. The molecule has 19 heavy (non-hydrogen) atoms. The number of ether oxygens (including phenoxy) is 1. The lowest BCUT2D eigenvalue weighted by Gasteiger charge is -2.20. The van der Waals surface area contributed by atoms with Crippen LogP contribution < -0.4 is 10.2 Å². The number of carbonyl (C=O) groups excluding carboxylic acids is 1. The van der Waals surface area contributed by atoms with Crippen LogP contribution in [0.5, 0.6) is 0 Å². The zero-order valence-electron chi connectivity index (χ0n) is 12.7. The third-order valence-electron chi connectivity index (χ3n) is 2.61. The molecule has 0 aliphatic heterocycles. The SMILES string of the molecule is Cc1ccc(NC(=O)COC(C)(C)C)cc1N(C)C. The van der Waals surface area contributed by atoms with Gasteiger partial charge in [0.2, 0.25) is 5.91 Å². The molecule has 4 nitrogen and oxygen atoms in total. The first-order valence-corrected chi connectivity index (χ1v) is 6.41. The number of carbonyl (C=O) groups is 1. The fourth-order valence-corrected chi connectivity index (χ4v) is 1.65. The number of aryl methyl sites for hydroxylation is 1. The van der Waals surface area contributed by atoms with Gasteiger partial charge in [-0.1, -0.05) is 6.07 Å². The Kier molecular flexibility index (Phi) is 4.95. The number of nitrogens with zero attached hydrogens (tertiary/aromatic N) is 1. The summed E-state index contributed by atoms with van der Waals surface area (Å²) in [6, 6.07) is 5.86. The van der Waals surface area contributed by atoms with Crippen molar-refractivity contribution in [3.8, 4) is 0 Å². The fourth-order valence-electron chi connectivity index (χ4n) is 1.65. The minimum Gasteiger partial charge on any atom is -0.377 e. The summed E-state index contributed by atoms with van der Waals surface area (Å²) in [5.41, 5.74) is 2.75. The van der Waals surface area contributed by atoms with Crippen molar-refractivity contribution >= 4 is 17.3 Å². The number of hydrogen-bond acceptors (Lipinski definition) is 3. The van der Waals surface area contributed by atoms with Crippen molar-refractivity contribution < 1.29 is 9.53 Å². The second-order valence-electron chi connectivity index (χ2n) is 5.84. The van der Waals surface area contributed by atoms with Gasteiger partial charge in [0.05, 0.1) is 5.60 Å². The first-order chi connectivity index (χ1) is 8.69. The Hall–Kier alpha value is -1.55.